The molecule has 0 spiro atoms. The van der Waals surface area contributed by atoms with E-state index < -0.39 is 5.60 Å². The predicted octanol–water partition coefficient (Wildman–Crippen LogP) is 4.72. The first-order chi connectivity index (χ1) is 20.7. The monoisotopic (exact) mass is 581 g/mol. The van der Waals surface area contributed by atoms with E-state index in [4.69, 9.17) is 14.7 Å². The Bertz CT molecular complexity index is 1840. The van der Waals surface area contributed by atoms with Gasteiger partial charge in [-0.1, -0.05) is 25.3 Å². The van der Waals surface area contributed by atoms with Crippen LogP contribution < -0.4 is 10.9 Å². The summed E-state index contributed by atoms with van der Waals surface area (Å²) >= 11 is 0. The molecule has 2 fully saturated rings. The molecule has 43 heavy (non-hydrogen) atoms. The molecule has 2 aliphatic rings. The lowest BCUT2D eigenvalue weighted by atomic mass is 9.80. The van der Waals surface area contributed by atoms with E-state index in [2.05, 4.69) is 27.5 Å². The lowest BCUT2D eigenvalue weighted by Gasteiger charge is -2.39. The second kappa shape index (κ2) is 11.0. The van der Waals surface area contributed by atoms with E-state index in [1.54, 1.807) is 36.3 Å². The number of aliphatic hydroxyl groups is 1. The Kier molecular flexibility index (Phi) is 7.15. The highest BCUT2D eigenvalue weighted by molar-refractivity contribution is 5.97. The zero-order valence-corrected chi connectivity index (χ0v) is 25.0. The fourth-order valence-electron chi connectivity index (χ4n) is 6.90. The molecule has 0 bridgehead atoms. The minimum absolute atomic E-state index is 0.0552. The van der Waals surface area contributed by atoms with Gasteiger partial charge >= 0.3 is 0 Å². The predicted molar refractivity (Wildman–Crippen MR) is 167 cm³/mol. The number of nitrogens with one attached hydrogen (secondary N) is 2. The van der Waals surface area contributed by atoms with Crippen molar-refractivity contribution in [2.45, 2.75) is 70.2 Å². The van der Waals surface area contributed by atoms with E-state index in [0.29, 0.717) is 30.4 Å². The summed E-state index contributed by atoms with van der Waals surface area (Å²) < 4.78 is 9.94. The van der Waals surface area contributed by atoms with Crippen LogP contribution in [0.25, 0.3) is 44.3 Å². The van der Waals surface area contributed by atoms with Gasteiger partial charge in [-0.3, -0.25) is 9.48 Å². The molecule has 1 saturated heterocycles. The maximum Gasteiger partial charge on any atom is 0.274 e. The summed E-state index contributed by atoms with van der Waals surface area (Å²) in [5.74, 6) is 1.11. The lowest BCUT2D eigenvalue weighted by molar-refractivity contribution is -0.0294. The largest absolute Gasteiger partial charge is 0.389 e. The molecule has 7 rings (SSSR count). The van der Waals surface area contributed by atoms with Crippen LogP contribution in [0, 0.1) is 5.92 Å². The van der Waals surface area contributed by atoms with Crippen LogP contribution in [0.15, 0.2) is 53.8 Å². The molecule has 5 heterocycles. The molecule has 0 amide bonds. The summed E-state index contributed by atoms with van der Waals surface area (Å²) in [6.45, 7) is 5.33. The Morgan fingerprint density at radius 2 is 1.91 bits per heavy atom. The fourth-order valence-corrected chi connectivity index (χ4v) is 6.90. The maximum absolute atomic E-state index is 12.8. The topological polar surface area (TPSA) is 123 Å². The highest BCUT2D eigenvalue weighted by Crippen LogP contribution is 2.39. The molecule has 1 saturated carbocycles. The molecular weight excluding hydrogens is 542 g/mol. The Balaban J connectivity index is 1.39. The first kappa shape index (κ1) is 27.9. The first-order valence-corrected chi connectivity index (χ1v) is 15.3. The van der Waals surface area contributed by atoms with Crippen molar-refractivity contribution in [2.75, 3.05) is 13.2 Å². The highest BCUT2D eigenvalue weighted by atomic mass is 16.5. The number of ether oxygens (including phenoxy) is 1. The number of hydrogen-bond donors (Lipinski definition) is 3. The number of aromatic amines is 1. The third-order valence-electron chi connectivity index (χ3n) is 8.90. The van der Waals surface area contributed by atoms with E-state index in [-0.39, 0.29) is 17.7 Å². The van der Waals surface area contributed by atoms with E-state index in [9.17, 15) is 9.90 Å². The second-order valence-corrected chi connectivity index (χ2v) is 12.8. The highest BCUT2D eigenvalue weighted by Gasteiger charge is 2.36. The van der Waals surface area contributed by atoms with Gasteiger partial charge in [0.05, 0.1) is 41.7 Å². The van der Waals surface area contributed by atoms with Crippen LogP contribution in [0.1, 0.15) is 57.7 Å². The van der Waals surface area contributed by atoms with Crippen LogP contribution in [0.5, 0.6) is 0 Å². The van der Waals surface area contributed by atoms with Gasteiger partial charge in [-0.2, -0.15) is 5.10 Å². The normalized spacial score (nSPS) is 20.3. The Morgan fingerprint density at radius 1 is 1.07 bits per heavy atom. The van der Waals surface area contributed by atoms with Gasteiger partial charge in [0, 0.05) is 54.6 Å². The number of benzene rings is 1. The molecule has 10 nitrogen and oxygen atoms in total. The lowest BCUT2D eigenvalue weighted by Crippen LogP contribution is -2.48. The van der Waals surface area contributed by atoms with Gasteiger partial charge in [-0.05, 0) is 56.4 Å². The van der Waals surface area contributed by atoms with Crippen LogP contribution in [0.2, 0.25) is 0 Å². The number of morpholine rings is 1. The molecule has 10 heteroatoms. The third-order valence-corrected chi connectivity index (χ3v) is 8.90. The number of aryl methyl sites for hydroxylation is 1. The van der Waals surface area contributed by atoms with Crippen molar-refractivity contribution in [2.24, 2.45) is 13.0 Å². The van der Waals surface area contributed by atoms with Crippen LogP contribution in [0.4, 0.5) is 0 Å². The van der Waals surface area contributed by atoms with E-state index in [1.807, 2.05) is 30.7 Å². The standard InChI is InChI=1S/C33H39N7O3/c1-33(2,42)19-40-17-22(16-36-40)31-37-26-10-9-21(25-18-39(3)32(41)29-23(25)11-12-34-29)15-24(26)28(38-31)30-27(35-13-14-43-30)20-7-5-4-6-8-20/h9-12,15-18,20,27,30,34-35,42H,4-8,13-14,19H2,1-3H3. The number of rotatable bonds is 6. The number of hydrogen-bond acceptors (Lipinski definition) is 7. The van der Waals surface area contributed by atoms with Crippen molar-refractivity contribution in [3.8, 4) is 22.5 Å². The summed E-state index contributed by atoms with van der Waals surface area (Å²) in [6, 6.07) is 8.36. The summed E-state index contributed by atoms with van der Waals surface area (Å²) in [5.41, 5.74) is 4.08. The van der Waals surface area contributed by atoms with Gasteiger partial charge in [-0.15, -0.1) is 0 Å². The number of fused-ring (bicyclic) bond motifs is 2. The zero-order valence-electron chi connectivity index (χ0n) is 25.0. The summed E-state index contributed by atoms with van der Waals surface area (Å²) in [6.07, 6.45) is 13.3. The average molecular weight is 582 g/mol. The molecular formula is C33H39N7O3. The molecule has 0 radical (unpaired) electrons. The van der Waals surface area contributed by atoms with Crippen LogP contribution in [-0.4, -0.2) is 59.2 Å². The summed E-state index contributed by atoms with van der Waals surface area (Å²) in [4.78, 5) is 26.1. The van der Waals surface area contributed by atoms with Gasteiger partial charge in [0.1, 0.15) is 11.6 Å². The minimum Gasteiger partial charge on any atom is -0.389 e. The molecule has 3 N–H and O–H groups in total. The van der Waals surface area contributed by atoms with Crippen LogP contribution in [-0.2, 0) is 18.3 Å². The van der Waals surface area contributed by atoms with Crippen molar-refractivity contribution >= 4 is 21.8 Å². The van der Waals surface area contributed by atoms with E-state index >= 15 is 0 Å². The molecule has 1 aliphatic heterocycles. The smallest absolute Gasteiger partial charge is 0.274 e. The van der Waals surface area contributed by atoms with Crippen LogP contribution in [0.3, 0.4) is 0 Å². The Hall–Kier alpha value is -3.86. The quantitative estimate of drug-likeness (QED) is 0.265. The van der Waals surface area contributed by atoms with Gasteiger partial charge in [0.25, 0.3) is 5.56 Å². The third kappa shape index (κ3) is 5.39. The SMILES string of the molecule is Cn1cc(-c2ccc3nc(-c4cnn(CC(C)(C)O)c4)nc(C4OCCNC4C4CCCCC4)c3c2)c2cc[nH]c2c1=O. The number of nitrogens with zero attached hydrogens (tertiary/aromatic N) is 5. The van der Waals surface area contributed by atoms with Crippen molar-refractivity contribution < 1.29 is 9.84 Å². The molecule has 2 atom stereocenters. The maximum atomic E-state index is 12.8. The average Bonchev–Trinajstić information content (AvgIpc) is 3.68. The zero-order chi connectivity index (χ0) is 29.7. The summed E-state index contributed by atoms with van der Waals surface area (Å²) in [7, 11) is 1.78. The van der Waals surface area contributed by atoms with E-state index in [1.165, 1.54) is 32.1 Å². The van der Waals surface area contributed by atoms with Gasteiger partial charge in [-0.25, -0.2) is 9.97 Å². The second-order valence-electron chi connectivity index (χ2n) is 12.8. The van der Waals surface area contributed by atoms with Crippen molar-refractivity contribution in [3.63, 3.8) is 0 Å². The fraction of sp³-hybridized carbons (Fsp3) is 0.455. The molecule has 5 aromatic rings. The van der Waals surface area contributed by atoms with Gasteiger partial charge in [0.15, 0.2) is 5.82 Å². The van der Waals surface area contributed by atoms with Gasteiger partial charge in [0.2, 0.25) is 0 Å². The van der Waals surface area contributed by atoms with Crippen molar-refractivity contribution in [3.05, 3.63) is 65.1 Å². The number of aromatic nitrogens is 6. The number of H-pyrrole nitrogens is 1. The Labute approximate surface area is 250 Å². The molecule has 1 aromatic carbocycles. The van der Waals surface area contributed by atoms with E-state index in [0.717, 1.165) is 45.2 Å². The first-order valence-electron chi connectivity index (χ1n) is 15.3. The minimum atomic E-state index is -0.893. The number of pyridine rings is 1. The molecule has 224 valence electrons. The summed E-state index contributed by atoms with van der Waals surface area (Å²) in [5, 5.41) is 20.4. The van der Waals surface area contributed by atoms with Crippen LogP contribution >= 0.6 is 0 Å². The molecule has 1 aliphatic carbocycles. The molecule has 2 unspecified atom stereocenters. The van der Waals surface area contributed by atoms with Crippen molar-refractivity contribution in [1.29, 1.82) is 0 Å². The van der Waals surface area contributed by atoms with Crippen molar-refractivity contribution in [1.82, 2.24) is 34.6 Å². The van der Waals surface area contributed by atoms with Gasteiger partial charge < -0.3 is 24.7 Å². The molecule has 4 aromatic heterocycles. The Morgan fingerprint density at radius 3 is 2.72 bits per heavy atom.